The fourth-order valence-electron chi connectivity index (χ4n) is 5.21. The van der Waals surface area contributed by atoms with Crippen LogP contribution >= 0.6 is 0 Å². The number of alkyl halides is 6. The molecule has 17 heteroatoms. The van der Waals surface area contributed by atoms with Crippen LogP contribution in [0, 0.1) is 0 Å². The Morgan fingerprint density at radius 3 is 1.28 bits per heavy atom. The minimum absolute atomic E-state index is 0.0219. The van der Waals surface area contributed by atoms with Crippen molar-refractivity contribution in [3.05, 3.63) is 81.6 Å². The summed E-state index contributed by atoms with van der Waals surface area (Å²) in [6, 6.07) is 3.94. The lowest BCUT2D eigenvalue weighted by Crippen LogP contribution is -2.36. The van der Waals surface area contributed by atoms with Gasteiger partial charge in [-0.25, -0.2) is 16.8 Å². The number of sulfonamides is 2. The number of anilines is 2. The van der Waals surface area contributed by atoms with Crippen molar-refractivity contribution in [2.75, 3.05) is 22.2 Å². The molecule has 53 heavy (non-hydrogen) atoms. The second-order valence-corrected chi connectivity index (χ2v) is 16.1. The van der Waals surface area contributed by atoms with Crippen LogP contribution in [0.25, 0.3) is 0 Å². The summed E-state index contributed by atoms with van der Waals surface area (Å²) in [6.07, 6.45) is -2.25. The van der Waals surface area contributed by atoms with Gasteiger partial charge in [-0.1, -0.05) is 51.7 Å². The van der Waals surface area contributed by atoms with Crippen LogP contribution in [0.3, 0.4) is 0 Å². The zero-order valence-corrected chi connectivity index (χ0v) is 32.5. The van der Waals surface area contributed by atoms with E-state index in [1.54, 1.807) is 27.7 Å². The van der Waals surface area contributed by atoms with Crippen LogP contribution in [0.4, 0.5) is 37.7 Å². The van der Waals surface area contributed by atoms with Gasteiger partial charge in [0.2, 0.25) is 0 Å². The summed E-state index contributed by atoms with van der Waals surface area (Å²) in [5.41, 5.74) is -2.26. The van der Waals surface area contributed by atoms with Crippen LogP contribution in [0.15, 0.2) is 59.4 Å². The average Bonchev–Trinajstić information content (AvgIpc) is 3.04. The number of allylic oxidation sites excluding steroid dienone is 2. The maximum absolute atomic E-state index is 13.6. The number of unbranched alkanes of at least 4 members (excludes halogenated alkanes) is 4. The van der Waals surface area contributed by atoms with Crippen molar-refractivity contribution >= 4 is 31.4 Å². The van der Waals surface area contributed by atoms with E-state index >= 15 is 0 Å². The van der Waals surface area contributed by atoms with Gasteiger partial charge in [0.05, 0.1) is 35.7 Å². The largest absolute Gasteiger partial charge is 0.416 e. The fraction of sp³-hybridized carbons (Fsp3) is 0.556. The van der Waals surface area contributed by atoms with Crippen molar-refractivity contribution in [3.8, 4) is 0 Å². The van der Waals surface area contributed by atoms with Crippen LogP contribution in [-0.2, 0) is 59.8 Å². The zero-order chi connectivity index (χ0) is 40.0. The Morgan fingerprint density at radius 1 is 0.623 bits per heavy atom. The number of rotatable bonds is 22. The molecule has 0 fully saturated rings. The van der Waals surface area contributed by atoms with Crippen molar-refractivity contribution in [2.45, 2.75) is 118 Å². The molecule has 300 valence electrons. The summed E-state index contributed by atoms with van der Waals surface area (Å²) < 4.78 is 153. The predicted molar refractivity (Wildman–Crippen MR) is 194 cm³/mol. The van der Waals surface area contributed by atoms with Crippen molar-refractivity contribution in [2.24, 2.45) is 0 Å². The van der Waals surface area contributed by atoms with Gasteiger partial charge in [0.1, 0.15) is 13.6 Å². The van der Waals surface area contributed by atoms with Crippen molar-refractivity contribution in [3.63, 3.8) is 0 Å². The van der Waals surface area contributed by atoms with E-state index in [-0.39, 0.29) is 22.5 Å². The predicted octanol–water partition coefficient (Wildman–Crippen LogP) is 9.89. The molecule has 0 N–H and O–H groups in total. The van der Waals surface area contributed by atoms with E-state index in [9.17, 15) is 43.2 Å². The van der Waals surface area contributed by atoms with Gasteiger partial charge in [-0.15, -0.1) is 0 Å². The highest BCUT2D eigenvalue weighted by Gasteiger charge is 2.34. The van der Waals surface area contributed by atoms with E-state index in [0.29, 0.717) is 12.8 Å². The van der Waals surface area contributed by atoms with Gasteiger partial charge in [-0.3, -0.25) is 8.61 Å². The highest BCUT2D eigenvalue weighted by atomic mass is 32.2. The molecule has 0 bridgehead atoms. The monoisotopic (exact) mass is 800 g/mol. The Morgan fingerprint density at radius 2 is 0.981 bits per heavy atom. The first-order valence-corrected chi connectivity index (χ1v) is 20.2. The molecule has 0 aliphatic rings. The Bertz CT molecular complexity index is 1600. The summed E-state index contributed by atoms with van der Waals surface area (Å²) >= 11 is 0. The third-order valence-electron chi connectivity index (χ3n) is 7.61. The molecule has 0 saturated heterocycles. The minimum Gasteiger partial charge on any atom is -0.351 e. The van der Waals surface area contributed by atoms with Crippen molar-refractivity contribution < 1.29 is 57.4 Å². The summed E-state index contributed by atoms with van der Waals surface area (Å²) in [6.45, 7) is 8.12. The highest BCUT2D eigenvalue weighted by Crippen LogP contribution is 2.36. The molecule has 0 amide bonds. The van der Waals surface area contributed by atoms with Crippen molar-refractivity contribution in [1.82, 2.24) is 0 Å². The number of ether oxygens (including phenoxy) is 3. The number of hydrogen-bond acceptors (Lipinski definition) is 7. The Kier molecular flexibility index (Phi) is 17.8. The van der Waals surface area contributed by atoms with Gasteiger partial charge in [0.15, 0.2) is 0 Å². The van der Waals surface area contributed by atoms with Crippen LogP contribution in [0.2, 0.25) is 0 Å². The van der Waals surface area contributed by atoms with Crippen LogP contribution in [0.1, 0.15) is 102 Å². The first-order chi connectivity index (χ1) is 24.7. The molecule has 0 spiro atoms. The second-order valence-electron chi connectivity index (χ2n) is 12.7. The molecule has 9 nitrogen and oxygen atoms in total. The quantitative estimate of drug-likeness (QED) is 0.0664. The molecular weight excluding hydrogens is 751 g/mol. The van der Waals surface area contributed by atoms with Gasteiger partial charge in [-0.2, -0.15) is 26.3 Å². The molecule has 0 atom stereocenters. The molecule has 0 unspecified atom stereocenters. The summed E-state index contributed by atoms with van der Waals surface area (Å²) in [5, 5.41) is 2.06. The molecular formula is C36H50F6N2O7S2. The molecule has 0 aliphatic carbocycles. The van der Waals surface area contributed by atoms with Crippen LogP contribution < -0.4 is 8.61 Å². The summed E-state index contributed by atoms with van der Waals surface area (Å²) in [5.74, 6) is 0. The van der Waals surface area contributed by atoms with Gasteiger partial charge in [0, 0.05) is 34.0 Å². The smallest absolute Gasteiger partial charge is 0.351 e. The number of nitrogens with zero attached hydrogens (tertiary/aromatic N) is 2. The van der Waals surface area contributed by atoms with Crippen LogP contribution in [0.5, 0.6) is 0 Å². The van der Waals surface area contributed by atoms with E-state index in [0.717, 1.165) is 81.5 Å². The average molecular weight is 801 g/mol. The Labute approximate surface area is 309 Å². The summed E-state index contributed by atoms with van der Waals surface area (Å²) in [7, 11) is -8.18. The second kappa shape index (κ2) is 20.5. The normalized spacial score (nSPS) is 13.2. The lowest BCUT2D eigenvalue weighted by atomic mass is 10.1. The number of benzene rings is 2. The fourth-order valence-corrected chi connectivity index (χ4v) is 8.31. The van der Waals surface area contributed by atoms with Crippen molar-refractivity contribution in [1.29, 1.82) is 0 Å². The lowest BCUT2D eigenvalue weighted by Gasteiger charge is -2.29. The first-order valence-electron chi connectivity index (χ1n) is 17.2. The van der Waals surface area contributed by atoms with E-state index in [1.807, 2.05) is 13.8 Å². The zero-order valence-electron chi connectivity index (χ0n) is 30.8. The number of hydrogen-bond donors (Lipinski definition) is 0. The molecule has 2 rings (SSSR count). The SMILES string of the molecule is CCCCC=CS(=O)(=O)N(c1ccc(C(F)(F)F)cc1COCOCOCc1cc(C(F)(F)F)ccc1N(C(C)C)S(=O)(=O)C=CCCCC)C(C)C. The third-order valence-corrected chi connectivity index (χ3v) is 11.0. The van der Waals surface area contributed by atoms with E-state index in [4.69, 9.17) is 14.2 Å². The first kappa shape index (κ1) is 46.0. The third kappa shape index (κ3) is 14.2. The van der Waals surface area contributed by atoms with E-state index < -0.39 is 82.4 Å². The molecule has 2 aromatic rings. The topological polar surface area (TPSA) is 102 Å². The van der Waals surface area contributed by atoms with Gasteiger partial charge in [-0.05, 0) is 76.9 Å². The lowest BCUT2D eigenvalue weighted by molar-refractivity contribution is -0.140. The van der Waals surface area contributed by atoms with E-state index in [1.165, 1.54) is 12.2 Å². The van der Waals surface area contributed by atoms with Crippen LogP contribution in [-0.4, -0.2) is 42.5 Å². The molecule has 2 aromatic carbocycles. The Hall–Kier alpha value is -3.12. The standard InChI is InChI=1S/C36H50F6N2O7S2/c1-7-9-11-13-19-52(45,46)43(27(3)4)33-17-15-31(35(37,38)39)21-29(33)23-49-25-51-26-50-24-30-22-32(36(40,41)42)16-18-34(30)44(28(5)6)53(47,48)20-14-12-10-8-2/h13-22,27-28H,7-12,23-26H2,1-6H3. The highest BCUT2D eigenvalue weighted by molar-refractivity contribution is 7.96. The minimum atomic E-state index is -4.72. The Balaban J connectivity index is 2.25. The number of halogens is 6. The molecule has 0 saturated carbocycles. The van der Waals surface area contributed by atoms with Gasteiger partial charge < -0.3 is 14.2 Å². The van der Waals surface area contributed by atoms with Gasteiger partial charge in [0.25, 0.3) is 20.0 Å². The summed E-state index contributed by atoms with van der Waals surface area (Å²) in [4.78, 5) is 0. The van der Waals surface area contributed by atoms with Gasteiger partial charge >= 0.3 is 12.4 Å². The maximum Gasteiger partial charge on any atom is 0.416 e. The molecule has 0 heterocycles. The molecule has 0 aromatic heterocycles. The maximum atomic E-state index is 13.6. The molecule has 0 aliphatic heterocycles. The molecule has 0 radical (unpaired) electrons. The van der Waals surface area contributed by atoms with E-state index in [2.05, 4.69) is 0 Å².